The zero-order chi connectivity index (χ0) is 17.1. The molecule has 1 aromatic rings. The van der Waals surface area contributed by atoms with Gasteiger partial charge in [-0.25, -0.2) is 9.59 Å². The normalized spacial score (nSPS) is 13.0. The molecule has 0 bridgehead atoms. The number of carbonyl (C=O) groups excluding carboxylic acids is 2. The van der Waals surface area contributed by atoms with Crippen LogP contribution >= 0.6 is 0 Å². The maximum atomic E-state index is 12.1. The van der Waals surface area contributed by atoms with E-state index in [9.17, 15) is 9.59 Å². The summed E-state index contributed by atoms with van der Waals surface area (Å²) in [6, 6.07) is 8.72. The summed E-state index contributed by atoms with van der Waals surface area (Å²) in [5.74, 6) is -0.419. The van der Waals surface area contributed by atoms with Gasteiger partial charge in [-0.2, -0.15) is 0 Å². The van der Waals surface area contributed by atoms with Gasteiger partial charge in [-0.3, -0.25) is 0 Å². The van der Waals surface area contributed by atoms with Gasteiger partial charge in [0.2, 0.25) is 0 Å². The predicted molar refractivity (Wildman–Crippen MR) is 88.9 cm³/mol. The van der Waals surface area contributed by atoms with Gasteiger partial charge in [0.05, 0.1) is 6.61 Å². The van der Waals surface area contributed by atoms with Crippen LogP contribution in [0.2, 0.25) is 0 Å². The Labute approximate surface area is 138 Å². The molecule has 1 N–H and O–H groups in total. The largest absolute Gasteiger partial charge is 0.464 e. The summed E-state index contributed by atoms with van der Waals surface area (Å²) >= 11 is 0. The number of nitrogens with one attached hydrogen (secondary N) is 1. The molecule has 0 radical (unpaired) electrons. The Morgan fingerprint density at radius 3 is 2.43 bits per heavy atom. The zero-order valence-corrected chi connectivity index (χ0v) is 14.2. The molecule has 23 heavy (non-hydrogen) atoms. The molecular formula is C18H27NO4. The van der Waals surface area contributed by atoms with Gasteiger partial charge in [-0.05, 0) is 17.9 Å². The number of esters is 1. The molecule has 0 saturated carbocycles. The van der Waals surface area contributed by atoms with Crippen molar-refractivity contribution < 1.29 is 19.1 Å². The van der Waals surface area contributed by atoms with Crippen LogP contribution in [0, 0.1) is 5.92 Å². The second-order valence-electron chi connectivity index (χ2n) is 5.59. The molecule has 0 saturated heterocycles. The highest BCUT2D eigenvalue weighted by atomic mass is 16.6. The van der Waals surface area contributed by atoms with Crippen molar-refractivity contribution in [2.24, 2.45) is 5.92 Å². The standard InChI is InChI=1S/C18H27NO4/c1-4-6-12-22-17(20)16(14(3)5-2)19-18(21)23-13-15-10-8-7-9-11-15/h7-11,14,16H,4-6,12-13H2,1-3H3,(H,19,21). The summed E-state index contributed by atoms with van der Waals surface area (Å²) in [6.45, 7) is 6.45. The average Bonchev–Trinajstić information content (AvgIpc) is 2.58. The molecule has 1 aromatic carbocycles. The third-order valence-corrected chi connectivity index (χ3v) is 3.70. The molecule has 0 aliphatic rings. The van der Waals surface area contributed by atoms with E-state index in [1.165, 1.54) is 0 Å². The van der Waals surface area contributed by atoms with Gasteiger partial charge in [0, 0.05) is 0 Å². The number of unbranched alkanes of at least 4 members (excludes halogenated alkanes) is 1. The first-order valence-electron chi connectivity index (χ1n) is 8.22. The highest BCUT2D eigenvalue weighted by Gasteiger charge is 2.27. The van der Waals surface area contributed by atoms with Crippen molar-refractivity contribution in [2.45, 2.75) is 52.7 Å². The fraction of sp³-hybridized carbons (Fsp3) is 0.556. The Morgan fingerprint density at radius 1 is 1.13 bits per heavy atom. The first-order valence-corrected chi connectivity index (χ1v) is 8.22. The van der Waals surface area contributed by atoms with Crippen molar-refractivity contribution in [1.82, 2.24) is 5.32 Å². The summed E-state index contributed by atoms with van der Waals surface area (Å²) in [5.41, 5.74) is 0.897. The van der Waals surface area contributed by atoms with Crippen molar-refractivity contribution >= 4 is 12.1 Å². The molecule has 0 aliphatic carbocycles. The van der Waals surface area contributed by atoms with Crippen molar-refractivity contribution in [1.29, 1.82) is 0 Å². The Hall–Kier alpha value is -2.04. The second kappa shape index (κ2) is 10.6. The van der Waals surface area contributed by atoms with E-state index in [0.717, 1.165) is 24.8 Å². The number of alkyl carbamates (subject to hydrolysis) is 1. The molecule has 0 heterocycles. The van der Waals surface area contributed by atoms with Gasteiger partial charge in [0.1, 0.15) is 12.6 Å². The SMILES string of the molecule is CCCCOC(=O)C(NC(=O)OCc1ccccc1)C(C)CC. The van der Waals surface area contributed by atoms with Crippen LogP contribution in [-0.2, 0) is 20.9 Å². The van der Waals surface area contributed by atoms with Crippen LogP contribution in [0.3, 0.4) is 0 Å². The zero-order valence-electron chi connectivity index (χ0n) is 14.2. The van der Waals surface area contributed by atoms with Crippen molar-refractivity contribution in [3.8, 4) is 0 Å². The third-order valence-electron chi connectivity index (χ3n) is 3.70. The number of carbonyl (C=O) groups is 2. The molecule has 1 rings (SSSR count). The van der Waals surface area contributed by atoms with E-state index in [1.807, 2.05) is 51.1 Å². The molecule has 128 valence electrons. The van der Waals surface area contributed by atoms with Crippen LogP contribution in [-0.4, -0.2) is 24.7 Å². The molecule has 0 aliphatic heterocycles. The topological polar surface area (TPSA) is 64.6 Å². The number of benzene rings is 1. The molecule has 2 unspecified atom stereocenters. The van der Waals surface area contributed by atoms with E-state index in [4.69, 9.17) is 9.47 Å². The third kappa shape index (κ3) is 7.17. The molecular weight excluding hydrogens is 294 g/mol. The lowest BCUT2D eigenvalue weighted by Gasteiger charge is -2.22. The van der Waals surface area contributed by atoms with Gasteiger partial charge in [0.15, 0.2) is 0 Å². The number of ether oxygens (including phenoxy) is 2. The van der Waals surface area contributed by atoms with Crippen LogP contribution in [0.4, 0.5) is 4.79 Å². The van der Waals surface area contributed by atoms with Gasteiger partial charge >= 0.3 is 12.1 Å². The molecule has 0 fully saturated rings. The van der Waals surface area contributed by atoms with Crippen LogP contribution in [0.1, 0.15) is 45.6 Å². The lowest BCUT2D eigenvalue weighted by atomic mass is 9.99. The van der Waals surface area contributed by atoms with E-state index in [2.05, 4.69) is 5.32 Å². The Balaban J connectivity index is 2.51. The molecule has 0 spiro atoms. The highest BCUT2D eigenvalue weighted by Crippen LogP contribution is 2.11. The maximum Gasteiger partial charge on any atom is 0.408 e. The minimum absolute atomic E-state index is 0.0200. The first kappa shape index (κ1) is 19.0. The quantitative estimate of drug-likeness (QED) is 0.557. The Bertz CT molecular complexity index is 475. The lowest BCUT2D eigenvalue weighted by Crippen LogP contribution is -2.46. The summed E-state index contributed by atoms with van der Waals surface area (Å²) in [5, 5.41) is 2.63. The number of rotatable bonds is 9. The average molecular weight is 321 g/mol. The van der Waals surface area contributed by atoms with Gasteiger partial charge in [-0.15, -0.1) is 0 Å². The minimum Gasteiger partial charge on any atom is -0.464 e. The summed E-state index contributed by atoms with van der Waals surface area (Å²) < 4.78 is 10.4. The minimum atomic E-state index is -0.680. The second-order valence-corrected chi connectivity index (χ2v) is 5.59. The van der Waals surface area contributed by atoms with Gasteiger partial charge < -0.3 is 14.8 Å². The summed E-state index contributed by atoms with van der Waals surface area (Å²) in [6.07, 6.45) is 1.92. The van der Waals surface area contributed by atoms with E-state index in [1.54, 1.807) is 0 Å². The molecule has 5 heteroatoms. The molecule has 1 amide bonds. The van der Waals surface area contributed by atoms with Crippen LogP contribution in [0.5, 0.6) is 0 Å². The summed E-state index contributed by atoms with van der Waals surface area (Å²) in [4.78, 5) is 24.1. The Morgan fingerprint density at radius 2 is 1.83 bits per heavy atom. The van der Waals surface area contributed by atoms with Gasteiger partial charge in [-0.1, -0.05) is 63.9 Å². The van der Waals surface area contributed by atoms with E-state index in [0.29, 0.717) is 6.61 Å². The summed E-state index contributed by atoms with van der Waals surface area (Å²) in [7, 11) is 0. The maximum absolute atomic E-state index is 12.1. The highest BCUT2D eigenvalue weighted by molar-refractivity contribution is 5.81. The van der Waals surface area contributed by atoms with E-state index < -0.39 is 18.1 Å². The lowest BCUT2D eigenvalue weighted by molar-refractivity contribution is -0.147. The van der Waals surface area contributed by atoms with E-state index >= 15 is 0 Å². The van der Waals surface area contributed by atoms with Gasteiger partial charge in [0.25, 0.3) is 0 Å². The van der Waals surface area contributed by atoms with Crippen LogP contribution in [0.15, 0.2) is 30.3 Å². The smallest absolute Gasteiger partial charge is 0.408 e. The van der Waals surface area contributed by atoms with Crippen LogP contribution < -0.4 is 5.32 Å². The van der Waals surface area contributed by atoms with E-state index in [-0.39, 0.29) is 12.5 Å². The van der Waals surface area contributed by atoms with Crippen LogP contribution in [0.25, 0.3) is 0 Å². The number of amides is 1. The van der Waals surface area contributed by atoms with Crippen molar-refractivity contribution in [3.63, 3.8) is 0 Å². The molecule has 2 atom stereocenters. The fourth-order valence-electron chi connectivity index (χ4n) is 1.97. The van der Waals surface area contributed by atoms with Crippen molar-refractivity contribution in [2.75, 3.05) is 6.61 Å². The number of hydrogen-bond donors (Lipinski definition) is 1. The monoisotopic (exact) mass is 321 g/mol. The Kier molecular flexibility index (Phi) is 8.80. The predicted octanol–water partition coefficient (Wildman–Crippen LogP) is 3.67. The first-order chi connectivity index (χ1) is 11.1. The van der Waals surface area contributed by atoms with Crippen molar-refractivity contribution in [3.05, 3.63) is 35.9 Å². The molecule has 0 aromatic heterocycles. The number of hydrogen-bond acceptors (Lipinski definition) is 4. The fourth-order valence-corrected chi connectivity index (χ4v) is 1.97. The molecule has 5 nitrogen and oxygen atoms in total.